The molecule has 3 rings (SSSR count). The number of amides is 1. The van der Waals surface area contributed by atoms with Gasteiger partial charge in [-0.2, -0.15) is 0 Å². The smallest absolute Gasteiger partial charge is 0.224 e. The van der Waals surface area contributed by atoms with E-state index in [0.717, 1.165) is 11.1 Å². The molecule has 0 unspecified atom stereocenters. The molecule has 3 aromatic rings. The molecular weight excluding hydrogens is 321 g/mol. The fraction of sp³-hybridized carbons (Fsp3) is 0.211. The van der Waals surface area contributed by atoms with Crippen molar-refractivity contribution in [2.45, 2.75) is 26.8 Å². The number of benzene rings is 1. The van der Waals surface area contributed by atoms with Gasteiger partial charge in [0.1, 0.15) is 5.82 Å². The molecule has 0 saturated heterocycles. The fourth-order valence-corrected chi connectivity index (χ4v) is 2.81. The minimum Gasteiger partial charge on any atom is -0.361 e. The predicted octanol–water partition coefficient (Wildman–Crippen LogP) is 3.07. The molecule has 5 nitrogen and oxygen atoms in total. The van der Waals surface area contributed by atoms with Crippen LogP contribution in [0.2, 0.25) is 0 Å². The van der Waals surface area contributed by atoms with Crippen LogP contribution in [-0.4, -0.2) is 21.7 Å². The Morgan fingerprint density at radius 1 is 1.24 bits per heavy atom. The Kier molecular flexibility index (Phi) is 4.61. The minimum atomic E-state index is -0.334. The lowest BCUT2D eigenvalue weighted by Crippen LogP contribution is -2.25. The van der Waals surface area contributed by atoms with Crippen LogP contribution < -0.4 is 5.32 Å². The summed E-state index contributed by atoms with van der Waals surface area (Å²) in [5.41, 5.74) is 3.44. The molecule has 0 spiro atoms. The number of pyridine rings is 1. The van der Waals surface area contributed by atoms with E-state index in [-0.39, 0.29) is 30.5 Å². The highest BCUT2D eigenvalue weighted by Gasteiger charge is 2.11. The van der Waals surface area contributed by atoms with Crippen molar-refractivity contribution in [2.75, 3.05) is 0 Å². The summed E-state index contributed by atoms with van der Waals surface area (Å²) in [6, 6.07) is 7.89. The summed E-state index contributed by atoms with van der Waals surface area (Å²) in [5.74, 6) is -0.550. The quantitative estimate of drug-likeness (QED) is 0.702. The van der Waals surface area contributed by atoms with Gasteiger partial charge in [-0.15, -0.1) is 0 Å². The number of carbonyl (C=O) groups excluding carboxylic acids is 2. The van der Waals surface area contributed by atoms with Gasteiger partial charge in [0.15, 0.2) is 5.78 Å². The van der Waals surface area contributed by atoms with E-state index in [1.54, 1.807) is 31.3 Å². The van der Waals surface area contributed by atoms with Crippen molar-refractivity contribution >= 4 is 22.6 Å². The van der Waals surface area contributed by atoms with Gasteiger partial charge in [0.05, 0.1) is 18.7 Å². The highest BCUT2D eigenvalue weighted by atomic mass is 19.1. The standard InChI is InChI=1S/C19H18FN3O2/c1-11-16(12(2)24)5-4-15(23-11)10-22-19(25)7-13-9-21-18-6-3-14(20)8-17(13)18/h3-6,8-9,21H,7,10H2,1-2H3,(H,22,25). The number of aromatic amines is 1. The lowest BCUT2D eigenvalue weighted by Gasteiger charge is -2.07. The van der Waals surface area contributed by atoms with Crippen LogP contribution in [0.15, 0.2) is 36.5 Å². The molecule has 0 atom stereocenters. The molecule has 25 heavy (non-hydrogen) atoms. The Morgan fingerprint density at radius 3 is 2.76 bits per heavy atom. The van der Waals surface area contributed by atoms with E-state index in [0.29, 0.717) is 22.3 Å². The molecular formula is C19H18FN3O2. The number of hydrogen-bond donors (Lipinski definition) is 2. The first-order chi connectivity index (χ1) is 11.9. The second kappa shape index (κ2) is 6.84. The third-order valence-corrected chi connectivity index (χ3v) is 4.07. The maximum absolute atomic E-state index is 13.4. The van der Waals surface area contributed by atoms with Gasteiger partial charge in [-0.1, -0.05) is 0 Å². The van der Waals surface area contributed by atoms with E-state index in [2.05, 4.69) is 15.3 Å². The Morgan fingerprint density at radius 2 is 2.04 bits per heavy atom. The zero-order valence-corrected chi connectivity index (χ0v) is 14.0. The molecule has 0 saturated carbocycles. The SMILES string of the molecule is CC(=O)c1ccc(CNC(=O)Cc2c[nH]c3ccc(F)cc23)nc1C. The number of aryl methyl sites for hydroxylation is 1. The Balaban J connectivity index is 1.65. The van der Waals surface area contributed by atoms with Gasteiger partial charge in [-0.05, 0) is 49.7 Å². The van der Waals surface area contributed by atoms with Crippen molar-refractivity contribution in [3.8, 4) is 0 Å². The molecule has 128 valence electrons. The first kappa shape index (κ1) is 16.8. The number of Topliss-reactive ketones (excluding diaryl/α,β-unsaturated/α-hetero) is 1. The van der Waals surface area contributed by atoms with Crippen molar-refractivity contribution in [1.29, 1.82) is 0 Å². The number of halogens is 1. The van der Waals surface area contributed by atoms with E-state index in [9.17, 15) is 14.0 Å². The summed E-state index contributed by atoms with van der Waals surface area (Å²) in [6.45, 7) is 3.53. The highest BCUT2D eigenvalue weighted by molar-refractivity contribution is 5.95. The summed E-state index contributed by atoms with van der Waals surface area (Å²) in [5, 5.41) is 3.50. The molecule has 0 bridgehead atoms. The lowest BCUT2D eigenvalue weighted by molar-refractivity contribution is -0.120. The molecule has 0 aliphatic rings. The van der Waals surface area contributed by atoms with Crippen LogP contribution in [0, 0.1) is 12.7 Å². The van der Waals surface area contributed by atoms with Gasteiger partial charge in [0.25, 0.3) is 0 Å². The number of H-pyrrole nitrogens is 1. The Bertz CT molecular complexity index is 962. The van der Waals surface area contributed by atoms with Gasteiger partial charge in [0.2, 0.25) is 5.91 Å². The molecule has 1 aromatic carbocycles. The molecule has 2 heterocycles. The summed E-state index contributed by atoms with van der Waals surface area (Å²) in [6.07, 6.45) is 1.86. The van der Waals surface area contributed by atoms with Crippen LogP contribution in [0.25, 0.3) is 10.9 Å². The summed E-state index contributed by atoms with van der Waals surface area (Å²) >= 11 is 0. The van der Waals surface area contributed by atoms with Crippen LogP contribution in [0.1, 0.15) is 34.2 Å². The molecule has 6 heteroatoms. The van der Waals surface area contributed by atoms with Crippen molar-refractivity contribution in [2.24, 2.45) is 0 Å². The van der Waals surface area contributed by atoms with Gasteiger partial charge >= 0.3 is 0 Å². The summed E-state index contributed by atoms with van der Waals surface area (Å²) in [7, 11) is 0. The van der Waals surface area contributed by atoms with Gasteiger partial charge in [-0.25, -0.2) is 4.39 Å². The molecule has 0 aliphatic carbocycles. The van der Waals surface area contributed by atoms with Crippen LogP contribution >= 0.6 is 0 Å². The Hall–Kier alpha value is -3.02. The molecule has 1 amide bonds. The number of nitrogens with zero attached hydrogens (tertiary/aromatic N) is 1. The van der Waals surface area contributed by atoms with E-state index in [1.165, 1.54) is 19.1 Å². The second-order valence-corrected chi connectivity index (χ2v) is 5.95. The number of fused-ring (bicyclic) bond motifs is 1. The molecule has 2 N–H and O–H groups in total. The van der Waals surface area contributed by atoms with Crippen LogP contribution in [-0.2, 0) is 17.8 Å². The highest BCUT2D eigenvalue weighted by Crippen LogP contribution is 2.19. The fourth-order valence-electron chi connectivity index (χ4n) is 2.81. The lowest BCUT2D eigenvalue weighted by atomic mass is 10.1. The molecule has 0 fully saturated rings. The van der Waals surface area contributed by atoms with E-state index in [1.807, 2.05) is 0 Å². The average molecular weight is 339 g/mol. The number of carbonyl (C=O) groups is 2. The Labute approximate surface area is 144 Å². The average Bonchev–Trinajstić information content (AvgIpc) is 2.95. The third-order valence-electron chi connectivity index (χ3n) is 4.07. The topological polar surface area (TPSA) is 74.8 Å². The van der Waals surface area contributed by atoms with E-state index < -0.39 is 0 Å². The number of nitrogens with one attached hydrogen (secondary N) is 2. The van der Waals surface area contributed by atoms with Crippen molar-refractivity contribution < 1.29 is 14.0 Å². The number of hydrogen-bond acceptors (Lipinski definition) is 3. The van der Waals surface area contributed by atoms with Crippen molar-refractivity contribution in [1.82, 2.24) is 15.3 Å². The number of aromatic nitrogens is 2. The number of rotatable bonds is 5. The molecule has 0 radical (unpaired) electrons. The predicted molar refractivity (Wildman–Crippen MR) is 92.8 cm³/mol. The summed E-state index contributed by atoms with van der Waals surface area (Å²) in [4.78, 5) is 30.9. The van der Waals surface area contributed by atoms with Gasteiger partial charge in [-0.3, -0.25) is 14.6 Å². The molecule has 2 aromatic heterocycles. The van der Waals surface area contributed by atoms with Crippen LogP contribution in [0.4, 0.5) is 4.39 Å². The van der Waals surface area contributed by atoms with E-state index >= 15 is 0 Å². The first-order valence-corrected chi connectivity index (χ1v) is 7.93. The van der Waals surface area contributed by atoms with Gasteiger partial charge < -0.3 is 10.3 Å². The maximum atomic E-state index is 13.4. The van der Waals surface area contributed by atoms with Gasteiger partial charge in [0, 0.05) is 28.4 Å². The zero-order chi connectivity index (χ0) is 18.0. The van der Waals surface area contributed by atoms with Crippen LogP contribution in [0.3, 0.4) is 0 Å². The zero-order valence-electron chi connectivity index (χ0n) is 14.0. The minimum absolute atomic E-state index is 0.0350. The number of ketones is 1. The monoisotopic (exact) mass is 339 g/mol. The normalized spacial score (nSPS) is 10.8. The summed E-state index contributed by atoms with van der Waals surface area (Å²) < 4.78 is 13.4. The van der Waals surface area contributed by atoms with Crippen molar-refractivity contribution in [3.05, 3.63) is 64.9 Å². The van der Waals surface area contributed by atoms with E-state index in [4.69, 9.17) is 0 Å². The third kappa shape index (κ3) is 3.74. The first-order valence-electron chi connectivity index (χ1n) is 7.93. The largest absolute Gasteiger partial charge is 0.361 e. The molecule has 0 aliphatic heterocycles. The van der Waals surface area contributed by atoms with Crippen molar-refractivity contribution in [3.63, 3.8) is 0 Å². The second-order valence-electron chi connectivity index (χ2n) is 5.95. The van der Waals surface area contributed by atoms with Crippen LogP contribution in [0.5, 0.6) is 0 Å². The maximum Gasteiger partial charge on any atom is 0.224 e.